The summed E-state index contributed by atoms with van der Waals surface area (Å²) in [6.07, 6.45) is 11.0. The molecule has 0 N–H and O–H groups in total. The molecule has 0 unspecified atom stereocenters. The molecule has 5 rings (SSSR count). The van der Waals surface area contributed by atoms with Gasteiger partial charge in [0.25, 0.3) is 0 Å². The molecule has 3 aromatic rings. The van der Waals surface area contributed by atoms with E-state index in [2.05, 4.69) is 34.6 Å². The van der Waals surface area contributed by atoms with Gasteiger partial charge in [0.15, 0.2) is 0 Å². The van der Waals surface area contributed by atoms with E-state index in [0.717, 1.165) is 36.5 Å². The fraction of sp³-hybridized carbons (Fsp3) is 0.464. The predicted molar refractivity (Wildman–Crippen MR) is 132 cm³/mol. The van der Waals surface area contributed by atoms with Crippen molar-refractivity contribution in [3.05, 3.63) is 64.0 Å². The number of fused-ring (bicyclic) bond motifs is 1. The van der Waals surface area contributed by atoms with Crippen LogP contribution in [0, 0.1) is 26.6 Å². The molecular formula is C28H34FN3. The van der Waals surface area contributed by atoms with E-state index >= 15 is 0 Å². The Balaban J connectivity index is 1.68. The van der Waals surface area contributed by atoms with Gasteiger partial charge in [-0.15, -0.1) is 0 Å². The SMILES string of the molecule is Cc1cc(C2=CCCCC2)c2nc(N3CCCCC3)n(Cc3cc(C)c(F)c(C)c3)c2c1. The molecule has 1 fully saturated rings. The molecule has 0 spiro atoms. The number of nitrogens with zero attached hydrogens (tertiary/aromatic N) is 3. The first-order chi connectivity index (χ1) is 15.5. The van der Waals surface area contributed by atoms with E-state index in [1.165, 1.54) is 60.7 Å². The first kappa shape index (κ1) is 21.2. The van der Waals surface area contributed by atoms with Crippen molar-refractivity contribution in [2.75, 3.05) is 18.0 Å². The van der Waals surface area contributed by atoms with Crippen molar-refractivity contribution >= 4 is 22.6 Å². The number of allylic oxidation sites excluding steroid dienone is 2. The molecule has 32 heavy (non-hydrogen) atoms. The largest absolute Gasteiger partial charge is 0.342 e. The Hall–Kier alpha value is -2.62. The zero-order chi connectivity index (χ0) is 22.2. The summed E-state index contributed by atoms with van der Waals surface area (Å²) in [5.74, 6) is 0.977. The summed E-state index contributed by atoms with van der Waals surface area (Å²) < 4.78 is 16.7. The van der Waals surface area contributed by atoms with Crippen molar-refractivity contribution in [3.8, 4) is 0 Å². The second-order valence-corrected chi connectivity index (χ2v) is 9.74. The minimum atomic E-state index is -0.0946. The Labute approximate surface area is 191 Å². The Morgan fingerprint density at radius 1 is 0.906 bits per heavy atom. The van der Waals surface area contributed by atoms with Crippen molar-refractivity contribution in [3.63, 3.8) is 0 Å². The zero-order valence-corrected chi connectivity index (χ0v) is 19.7. The number of halogens is 1. The number of aryl methyl sites for hydroxylation is 3. The van der Waals surface area contributed by atoms with Gasteiger partial charge in [-0.25, -0.2) is 9.37 Å². The number of hydrogen-bond donors (Lipinski definition) is 0. The maximum atomic E-state index is 14.3. The average Bonchev–Trinajstić information content (AvgIpc) is 3.16. The van der Waals surface area contributed by atoms with E-state index < -0.39 is 0 Å². The lowest BCUT2D eigenvalue weighted by molar-refractivity contribution is 0.560. The molecular weight excluding hydrogens is 397 g/mol. The standard InChI is InChI=1S/C28H34FN3/c1-19-14-24(23-10-6-4-7-11-23)27-25(15-19)32(28(30-27)31-12-8-5-9-13-31)18-22-16-20(2)26(29)21(3)17-22/h10,14-17H,4-9,11-13,18H2,1-3H3. The summed E-state index contributed by atoms with van der Waals surface area (Å²) in [5.41, 5.74) is 8.93. The molecule has 1 aliphatic heterocycles. The molecule has 0 bridgehead atoms. The number of rotatable bonds is 4. The van der Waals surface area contributed by atoms with Crippen LogP contribution in [-0.4, -0.2) is 22.6 Å². The number of aromatic nitrogens is 2. The smallest absolute Gasteiger partial charge is 0.206 e. The van der Waals surface area contributed by atoms with E-state index in [4.69, 9.17) is 4.98 Å². The van der Waals surface area contributed by atoms with Crippen LogP contribution < -0.4 is 4.90 Å². The third-order valence-electron chi connectivity index (χ3n) is 7.09. The summed E-state index contributed by atoms with van der Waals surface area (Å²) in [6, 6.07) is 8.60. The molecule has 0 amide bonds. The molecule has 0 radical (unpaired) electrons. The monoisotopic (exact) mass is 431 g/mol. The molecule has 0 atom stereocenters. The highest BCUT2D eigenvalue weighted by molar-refractivity contribution is 5.92. The van der Waals surface area contributed by atoms with E-state index in [1.807, 2.05) is 26.0 Å². The van der Waals surface area contributed by atoms with Crippen LogP contribution in [0.2, 0.25) is 0 Å². The van der Waals surface area contributed by atoms with Gasteiger partial charge in [0.05, 0.1) is 17.6 Å². The lowest BCUT2D eigenvalue weighted by Crippen LogP contribution is -2.32. The van der Waals surface area contributed by atoms with Gasteiger partial charge in [-0.2, -0.15) is 0 Å². The van der Waals surface area contributed by atoms with E-state index in [-0.39, 0.29) is 5.82 Å². The van der Waals surface area contributed by atoms with Gasteiger partial charge in [0.2, 0.25) is 5.95 Å². The van der Waals surface area contributed by atoms with Gasteiger partial charge in [0, 0.05) is 18.7 Å². The van der Waals surface area contributed by atoms with Crippen molar-refractivity contribution in [2.45, 2.75) is 72.3 Å². The third kappa shape index (κ3) is 3.96. The molecule has 1 saturated heterocycles. The molecule has 1 aliphatic carbocycles. The summed E-state index contributed by atoms with van der Waals surface area (Å²) in [4.78, 5) is 7.74. The van der Waals surface area contributed by atoms with Crippen LogP contribution in [0.15, 0.2) is 30.3 Å². The molecule has 2 aromatic carbocycles. The normalized spacial score (nSPS) is 17.1. The topological polar surface area (TPSA) is 21.1 Å². The summed E-state index contributed by atoms with van der Waals surface area (Å²) in [5, 5.41) is 0. The Kier molecular flexibility index (Phi) is 5.79. The lowest BCUT2D eigenvalue weighted by atomic mass is 9.92. The van der Waals surface area contributed by atoms with Gasteiger partial charge in [-0.1, -0.05) is 18.2 Å². The fourth-order valence-corrected chi connectivity index (χ4v) is 5.48. The first-order valence-electron chi connectivity index (χ1n) is 12.2. The van der Waals surface area contributed by atoms with Crippen LogP contribution in [0.3, 0.4) is 0 Å². The van der Waals surface area contributed by atoms with Crippen LogP contribution in [0.1, 0.15) is 72.8 Å². The number of benzene rings is 2. The number of hydrogen-bond acceptors (Lipinski definition) is 2. The Bertz CT molecular complexity index is 1160. The summed E-state index contributed by atoms with van der Waals surface area (Å²) in [7, 11) is 0. The number of piperidine rings is 1. The molecule has 2 heterocycles. The van der Waals surface area contributed by atoms with Crippen molar-refractivity contribution in [1.82, 2.24) is 9.55 Å². The van der Waals surface area contributed by atoms with E-state index in [9.17, 15) is 4.39 Å². The first-order valence-corrected chi connectivity index (χ1v) is 12.2. The summed E-state index contributed by atoms with van der Waals surface area (Å²) >= 11 is 0. The van der Waals surface area contributed by atoms with Gasteiger partial charge in [-0.05, 0) is 106 Å². The van der Waals surface area contributed by atoms with Crippen LogP contribution in [0.4, 0.5) is 10.3 Å². The van der Waals surface area contributed by atoms with Crippen LogP contribution >= 0.6 is 0 Å². The third-order valence-corrected chi connectivity index (χ3v) is 7.09. The second kappa shape index (κ2) is 8.73. The van der Waals surface area contributed by atoms with E-state index in [1.54, 1.807) is 0 Å². The second-order valence-electron chi connectivity index (χ2n) is 9.74. The minimum absolute atomic E-state index is 0.0946. The molecule has 168 valence electrons. The van der Waals surface area contributed by atoms with Gasteiger partial charge < -0.3 is 9.47 Å². The highest BCUT2D eigenvalue weighted by atomic mass is 19.1. The maximum Gasteiger partial charge on any atom is 0.206 e. The highest BCUT2D eigenvalue weighted by Gasteiger charge is 2.23. The van der Waals surface area contributed by atoms with Gasteiger partial charge in [0.1, 0.15) is 5.82 Å². The molecule has 1 aromatic heterocycles. The molecule has 3 nitrogen and oxygen atoms in total. The number of imidazole rings is 1. The van der Waals surface area contributed by atoms with Gasteiger partial charge in [-0.3, -0.25) is 0 Å². The van der Waals surface area contributed by atoms with E-state index in [0.29, 0.717) is 17.7 Å². The average molecular weight is 432 g/mol. The van der Waals surface area contributed by atoms with Gasteiger partial charge >= 0.3 is 0 Å². The fourth-order valence-electron chi connectivity index (χ4n) is 5.48. The quantitative estimate of drug-likeness (QED) is 0.439. The maximum absolute atomic E-state index is 14.3. The van der Waals surface area contributed by atoms with Crippen molar-refractivity contribution in [1.29, 1.82) is 0 Å². The zero-order valence-electron chi connectivity index (χ0n) is 19.7. The Morgan fingerprint density at radius 3 is 2.34 bits per heavy atom. The minimum Gasteiger partial charge on any atom is -0.342 e. The molecule has 4 heteroatoms. The van der Waals surface area contributed by atoms with Crippen LogP contribution in [0.25, 0.3) is 16.6 Å². The highest BCUT2D eigenvalue weighted by Crippen LogP contribution is 2.35. The van der Waals surface area contributed by atoms with Crippen molar-refractivity contribution in [2.24, 2.45) is 0 Å². The van der Waals surface area contributed by atoms with Crippen LogP contribution in [-0.2, 0) is 6.54 Å². The summed E-state index contributed by atoms with van der Waals surface area (Å²) in [6.45, 7) is 8.74. The van der Waals surface area contributed by atoms with Crippen molar-refractivity contribution < 1.29 is 4.39 Å². The Morgan fingerprint density at radius 2 is 1.66 bits per heavy atom. The lowest BCUT2D eigenvalue weighted by Gasteiger charge is -2.28. The predicted octanol–water partition coefficient (Wildman–Crippen LogP) is 7.10. The molecule has 0 saturated carbocycles. The van der Waals surface area contributed by atoms with Crippen LogP contribution in [0.5, 0.6) is 0 Å². The number of anilines is 1. The molecule has 2 aliphatic rings.